The Morgan fingerprint density at radius 3 is 2.36 bits per heavy atom. The predicted octanol–water partition coefficient (Wildman–Crippen LogP) is 3.91. The van der Waals surface area contributed by atoms with Crippen LogP contribution in [0.25, 0.3) is 0 Å². The van der Waals surface area contributed by atoms with E-state index in [1.165, 1.54) is 19.2 Å². The number of rotatable bonds is 7. The number of nitrogens with zero attached hydrogens (tertiary/aromatic N) is 1. The van der Waals surface area contributed by atoms with Crippen LogP contribution in [0.15, 0.2) is 29.3 Å². The van der Waals surface area contributed by atoms with Gasteiger partial charge in [-0.1, -0.05) is 13.0 Å². The van der Waals surface area contributed by atoms with E-state index in [-0.39, 0.29) is 42.2 Å². The van der Waals surface area contributed by atoms with E-state index in [1.807, 2.05) is 0 Å². The molecule has 0 saturated carbocycles. The quantitative estimate of drug-likeness (QED) is 0.269. The Hall–Kier alpha value is -1.33. The fraction of sp³-hybridized carbons (Fsp3) is 0.533. The molecule has 1 aromatic carbocycles. The zero-order chi connectivity index (χ0) is 18.2. The van der Waals surface area contributed by atoms with Crippen LogP contribution in [0.2, 0.25) is 0 Å². The van der Waals surface area contributed by atoms with E-state index in [1.54, 1.807) is 6.92 Å². The van der Waals surface area contributed by atoms with Crippen LogP contribution in [0.1, 0.15) is 18.9 Å². The molecule has 4 nitrogen and oxygen atoms in total. The van der Waals surface area contributed by atoms with Gasteiger partial charge in [-0.05, 0) is 24.6 Å². The van der Waals surface area contributed by atoms with E-state index in [4.69, 9.17) is 4.74 Å². The molecule has 0 spiro atoms. The largest absolute Gasteiger partial charge is 0.489 e. The van der Waals surface area contributed by atoms with E-state index < -0.39 is 30.8 Å². The van der Waals surface area contributed by atoms with Gasteiger partial charge >= 0.3 is 6.18 Å². The third-order valence-electron chi connectivity index (χ3n) is 3.06. The summed E-state index contributed by atoms with van der Waals surface area (Å²) in [6.07, 6.45) is -6.90. The summed E-state index contributed by atoms with van der Waals surface area (Å²) < 4.78 is 67.9. The molecule has 0 aliphatic rings. The number of halogens is 6. The number of aliphatic imine (C=N–C) groups is 1. The third-order valence-corrected chi connectivity index (χ3v) is 3.06. The zero-order valence-corrected chi connectivity index (χ0v) is 16.1. The van der Waals surface area contributed by atoms with Crippen molar-refractivity contribution in [2.24, 2.45) is 4.99 Å². The molecule has 0 saturated heterocycles. The normalized spacial score (nSPS) is 13.2. The van der Waals surface area contributed by atoms with Crippen LogP contribution in [-0.2, 0) is 6.18 Å². The molecular formula is C15H21F5IN3O. The van der Waals surface area contributed by atoms with Crippen molar-refractivity contribution in [3.8, 4) is 5.75 Å². The highest BCUT2D eigenvalue weighted by Gasteiger charge is 2.30. The van der Waals surface area contributed by atoms with Gasteiger partial charge in [0.05, 0.1) is 18.7 Å². The molecule has 0 fully saturated rings. The van der Waals surface area contributed by atoms with Crippen LogP contribution in [0.3, 0.4) is 0 Å². The van der Waals surface area contributed by atoms with Gasteiger partial charge < -0.3 is 15.4 Å². The average molecular weight is 481 g/mol. The maximum Gasteiger partial charge on any atom is 0.416 e. The molecule has 0 aliphatic carbocycles. The summed E-state index contributed by atoms with van der Waals surface area (Å²) in [5, 5.41) is 5.22. The third kappa shape index (κ3) is 9.07. The Morgan fingerprint density at radius 2 is 1.84 bits per heavy atom. The van der Waals surface area contributed by atoms with Crippen molar-refractivity contribution in [2.75, 3.05) is 20.1 Å². The summed E-state index contributed by atoms with van der Waals surface area (Å²) in [5.41, 5.74) is -0.794. The fourth-order valence-corrected chi connectivity index (χ4v) is 1.81. The first-order valence-corrected chi connectivity index (χ1v) is 7.32. The smallest absolute Gasteiger partial charge is 0.416 e. The lowest BCUT2D eigenvalue weighted by molar-refractivity contribution is -0.137. The molecule has 0 amide bonds. The van der Waals surface area contributed by atoms with Gasteiger partial charge in [0.1, 0.15) is 11.9 Å². The highest BCUT2D eigenvalue weighted by atomic mass is 127. The van der Waals surface area contributed by atoms with Crippen LogP contribution in [-0.4, -0.2) is 38.6 Å². The number of guanidine groups is 1. The minimum atomic E-state index is -4.44. The minimum absolute atomic E-state index is 0. The molecule has 1 atom stereocenters. The van der Waals surface area contributed by atoms with E-state index in [0.717, 1.165) is 12.1 Å². The molecule has 0 radical (unpaired) electrons. The van der Waals surface area contributed by atoms with Crippen molar-refractivity contribution in [3.05, 3.63) is 29.8 Å². The molecule has 144 valence electrons. The monoisotopic (exact) mass is 481 g/mol. The first-order chi connectivity index (χ1) is 11.3. The van der Waals surface area contributed by atoms with Gasteiger partial charge in [-0.25, -0.2) is 8.78 Å². The second-order valence-corrected chi connectivity index (χ2v) is 4.90. The zero-order valence-electron chi connectivity index (χ0n) is 13.7. The summed E-state index contributed by atoms with van der Waals surface area (Å²) in [6.45, 7) is 1.45. The van der Waals surface area contributed by atoms with Gasteiger partial charge in [-0.15, -0.1) is 24.0 Å². The first-order valence-electron chi connectivity index (χ1n) is 7.32. The van der Waals surface area contributed by atoms with E-state index in [2.05, 4.69) is 15.6 Å². The molecule has 25 heavy (non-hydrogen) atoms. The lowest BCUT2D eigenvalue weighted by Crippen LogP contribution is -2.43. The van der Waals surface area contributed by atoms with Crippen molar-refractivity contribution in [3.63, 3.8) is 0 Å². The van der Waals surface area contributed by atoms with Crippen molar-refractivity contribution >= 4 is 29.9 Å². The van der Waals surface area contributed by atoms with Crippen LogP contribution in [0.5, 0.6) is 5.75 Å². The van der Waals surface area contributed by atoms with Gasteiger partial charge in [0, 0.05) is 7.05 Å². The number of alkyl halides is 5. The second-order valence-electron chi connectivity index (χ2n) is 4.90. The SMILES string of the molecule is CCC(CNC(=NC)NCC(F)F)Oc1cccc(C(F)(F)F)c1.I. The fourth-order valence-electron chi connectivity index (χ4n) is 1.81. The lowest BCUT2D eigenvalue weighted by atomic mass is 10.2. The molecule has 0 aliphatic heterocycles. The van der Waals surface area contributed by atoms with Crippen molar-refractivity contribution < 1.29 is 26.7 Å². The standard InChI is InChI=1S/C15H20F5N3O.HI/c1-3-11(8-22-14(21-2)23-9-13(16)17)24-12-6-4-5-10(7-12)15(18,19)20;/h4-7,11,13H,3,8-9H2,1-2H3,(H2,21,22,23);1H. The van der Waals surface area contributed by atoms with Crippen LogP contribution in [0.4, 0.5) is 22.0 Å². The maximum absolute atomic E-state index is 12.7. The first kappa shape index (κ1) is 23.7. The molecular weight excluding hydrogens is 460 g/mol. The van der Waals surface area contributed by atoms with E-state index in [0.29, 0.717) is 6.42 Å². The van der Waals surface area contributed by atoms with Crippen LogP contribution >= 0.6 is 24.0 Å². The molecule has 1 aromatic rings. The summed E-state index contributed by atoms with van der Waals surface area (Å²) in [7, 11) is 1.43. The topological polar surface area (TPSA) is 45.7 Å². The number of ether oxygens (including phenoxy) is 1. The minimum Gasteiger partial charge on any atom is -0.489 e. The number of hydrogen-bond donors (Lipinski definition) is 2. The molecule has 0 aromatic heterocycles. The van der Waals surface area contributed by atoms with E-state index >= 15 is 0 Å². The molecule has 10 heteroatoms. The van der Waals surface area contributed by atoms with Crippen LogP contribution < -0.4 is 15.4 Å². The molecule has 1 unspecified atom stereocenters. The summed E-state index contributed by atoms with van der Waals surface area (Å²) >= 11 is 0. The second kappa shape index (κ2) is 11.3. The molecule has 2 N–H and O–H groups in total. The summed E-state index contributed by atoms with van der Waals surface area (Å²) in [6, 6.07) is 4.58. The number of benzene rings is 1. The van der Waals surface area contributed by atoms with Crippen molar-refractivity contribution in [1.82, 2.24) is 10.6 Å². The summed E-state index contributed by atoms with van der Waals surface area (Å²) in [5.74, 6) is 0.260. The summed E-state index contributed by atoms with van der Waals surface area (Å²) in [4.78, 5) is 3.78. The Balaban J connectivity index is 0.00000576. The van der Waals surface area contributed by atoms with Gasteiger partial charge in [-0.2, -0.15) is 13.2 Å². The van der Waals surface area contributed by atoms with Gasteiger partial charge in [-0.3, -0.25) is 4.99 Å². The Kier molecular flexibility index (Phi) is 10.7. The van der Waals surface area contributed by atoms with Crippen molar-refractivity contribution in [2.45, 2.75) is 32.1 Å². The van der Waals surface area contributed by atoms with Gasteiger partial charge in [0.25, 0.3) is 6.43 Å². The molecule has 1 rings (SSSR count). The predicted molar refractivity (Wildman–Crippen MR) is 96.9 cm³/mol. The van der Waals surface area contributed by atoms with Gasteiger partial charge in [0.15, 0.2) is 5.96 Å². The Labute approximate surface area is 160 Å². The highest BCUT2D eigenvalue weighted by molar-refractivity contribution is 14.0. The Bertz CT molecular complexity index is 540. The number of hydrogen-bond acceptors (Lipinski definition) is 2. The molecule has 0 bridgehead atoms. The van der Waals surface area contributed by atoms with Crippen LogP contribution in [0, 0.1) is 0 Å². The Morgan fingerprint density at radius 1 is 1.20 bits per heavy atom. The number of nitrogens with one attached hydrogen (secondary N) is 2. The van der Waals surface area contributed by atoms with Gasteiger partial charge in [0.2, 0.25) is 0 Å². The average Bonchev–Trinajstić information content (AvgIpc) is 2.53. The highest BCUT2D eigenvalue weighted by Crippen LogP contribution is 2.31. The maximum atomic E-state index is 12.7. The van der Waals surface area contributed by atoms with Crippen molar-refractivity contribution in [1.29, 1.82) is 0 Å². The molecule has 0 heterocycles. The lowest BCUT2D eigenvalue weighted by Gasteiger charge is -2.20. The van der Waals surface area contributed by atoms with E-state index in [9.17, 15) is 22.0 Å².